The highest BCUT2D eigenvalue weighted by atomic mass is 16.5. The number of amides is 1. The van der Waals surface area contributed by atoms with Crippen LogP contribution in [0.15, 0.2) is 18.2 Å². The predicted octanol–water partition coefficient (Wildman–Crippen LogP) is 2.20. The quantitative estimate of drug-likeness (QED) is 0.758. The SMILES string of the molecule is CCOc1cc(N)cc(C(=O)NCCC2CC2)c1. The van der Waals surface area contributed by atoms with Crippen molar-refractivity contribution in [1.29, 1.82) is 0 Å². The number of nitrogen functional groups attached to an aromatic ring is 1. The van der Waals surface area contributed by atoms with Crippen molar-refractivity contribution >= 4 is 11.6 Å². The second-order valence-electron chi connectivity index (χ2n) is 4.71. The van der Waals surface area contributed by atoms with E-state index in [4.69, 9.17) is 10.5 Å². The second-order valence-corrected chi connectivity index (χ2v) is 4.71. The summed E-state index contributed by atoms with van der Waals surface area (Å²) in [5.74, 6) is 1.39. The van der Waals surface area contributed by atoms with Crippen LogP contribution in [0.5, 0.6) is 5.75 Å². The van der Waals surface area contributed by atoms with Gasteiger partial charge in [-0.05, 0) is 31.4 Å². The normalized spacial score (nSPS) is 14.3. The van der Waals surface area contributed by atoms with Crippen molar-refractivity contribution in [2.45, 2.75) is 26.2 Å². The molecule has 0 bridgehead atoms. The monoisotopic (exact) mass is 248 g/mol. The number of nitrogens with two attached hydrogens (primary N) is 1. The smallest absolute Gasteiger partial charge is 0.251 e. The lowest BCUT2D eigenvalue weighted by atomic mass is 10.1. The van der Waals surface area contributed by atoms with Crippen LogP contribution in [0.2, 0.25) is 0 Å². The number of rotatable bonds is 6. The fourth-order valence-electron chi connectivity index (χ4n) is 1.90. The zero-order valence-corrected chi connectivity index (χ0v) is 10.7. The molecular formula is C14H20N2O2. The molecule has 1 aliphatic rings. The van der Waals surface area contributed by atoms with Gasteiger partial charge in [0.15, 0.2) is 0 Å². The van der Waals surface area contributed by atoms with Gasteiger partial charge in [0, 0.05) is 23.9 Å². The summed E-state index contributed by atoms with van der Waals surface area (Å²) < 4.78 is 5.37. The van der Waals surface area contributed by atoms with Gasteiger partial charge in [0.2, 0.25) is 0 Å². The van der Waals surface area contributed by atoms with Gasteiger partial charge in [-0.1, -0.05) is 12.8 Å². The molecule has 0 radical (unpaired) electrons. The number of ether oxygens (including phenoxy) is 1. The standard InChI is InChI=1S/C14H20N2O2/c1-2-18-13-8-11(7-12(15)9-13)14(17)16-6-5-10-3-4-10/h7-10H,2-6,15H2,1H3,(H,16,17). The molecule has 1 aromatic rings. The molecule has 0 saturated heterocycles. The van der Waals surface area contributed by atoms with Crippen LogP contribution < -0.4 is 15.8 Å². The third-order valence-corrected chi connectivity index (χ3v) is 3.04. The van der Waals surface area contributed by atoms with Crippen LogP contribution in [0.3, 0.4) is 0 Å². The molecule has 1 fully saturated rings. The molecule has 4 heteroatoms. The maximum atomic E-state index is 11.9. The lowest BCUT2D eigenvalue weighted by Gasteiger charge is -2.08. The van der Waals surface area contributed by atoms with Crippen LogP contribution >= 0.6 is 0 Å². The molecule has 0 unspecified atom stereocenters. The molecule has 1 aromatic carbocycles. The Kier molecular flexibility index (Phi) is 4.07. The van der Waals surface area contributed by atoms with Gasteiger partial charge < -0.3 is 15.8 Å². The Balaban J connectivity index is 1.94. The molecule has 18 heavy (non-hydrogen) atoms. The number of hydrogen-bond acceptors (Lipinski definition) is 3. The molecule has 2 rings (SSSR count). The number of carbonyl (C=O) groups excluding carboxylic acids is 1. The first kappa shape index (κ1) is 12.7. The lowest BCUT2D eigenvalue weighted by Crippen LogP contribution is -2.24. The van der Waals surface area contributed by atoms with Crippen LogP contribution in [0.1, 0.15) is 36.5 Å². The number of carbonyl (C=O) groups is 1. The van der Waals surface area contributed by atoms with Gasteiger partial charge in [-0.2, -0.15) is 0 Å². The van der Waals surface area contributed by atoms with Crippen LogP contribution in [-0.2, 0) is 0 Å². The number of hydrogen-bond donors (Lipinski definition) is 2. The molecule has 0 aliphatic heterocycles. The largest absolute Gasteiger partial charge is 0.494 e. The first-order chi connectivity index (χ1) is 8.69. The summed E-state index contributed by atoms with van der Waals surface area (Å²) in [6, 6.07) is 5.13. The summed E-state index contributed by atoms with van der Waals surface area (Å²) in [4.78, 5) is 11.9. The van der Waals surface area contributed by atoms with Crippen LogP contribution in [0, 0.1) is 5.92 Å². The van der Waals surface area contributed by atoms with E-state index < -0.39 is 0 Å². The summed E-state index contributed by atoms with van der Waals surface area (Å²) >= 11 is 0. The Morgan fingerprint density at radius 2 is 2.22 bits per heavy atom. The second kappa shape index (κ2) is 5.76. The highest BCUT2D eigenvalue weighted by Crippen LogP contribution is 2.31. The summed E-state index contributed by atoms with van der Waals surface area (Å²) in [5, 5.41) is 2.92. The average molecular weight is 248 g/mol. The Morgan fingerprint density at radius 3 is 2.89 bits per heavy atom. The van der Waals surface area contributed by atoms with Crippen LogP contribution in [-0.4, -0.2) is 19.1 Å². The molecule has 0 atom stereocenters. The van der Waals surface area contributed by atoms with E-state index in [9.17, 15) is 4.79 Å². The van der Waals surface area contributed by atoms with E-state index in [1.54, 1.807) is 18.2 Å². The van der Waals surface area contributed by atoms with Crippen molar-refractivity contribution in [2.24, 2.45) is 5.92 Å². The molecule has 4 nitrogen and oxygen atoms in total. The zero-order valence-electron chi connectivity index (χ0n) is 10.7. The molecule has 1 saturated carbocycles. The van der Waals surface area contributed by atoms with E-state index in [-0.39, 0.29) is 5.91 Å². The highest BCUT2D eigenvalue weighted by Gasteiger charge is 2.20. The van der Waals surface area contributed by atoms with Crippen molar-refractivity contribution in [3.8, 4) is 5.75 Å². The van der Waals surface area contributed by atoms with Gasteiger partial charge in [-0.3, -0.25) is 4.79 Å². The summed E-state index contributed by atoms with van der Waals surface area (Å²) in [6.45, 7) is 3.20. The highest BCUT2D eigenvalue weighted by molar-refractivity contribution is 5.95. The number of nitrogens with one attached hydrogen (secondary N) is 1. The lowest BCUT2D eigenvalue weighted by molar-refractivity contribution is 0.0952. The van der Waals surface area contributed by atoms with E-state index in [1.807, 2.05) is 6.92 Å². The van der Waals surface area contributed by atoms with Crippen LogP contribution in [0.4, 0.5) is 5.69 Å². The van der Waals surface area contributed by atoms with Crippen LogP contribution in [0.25, 0.3) is 0 Å². The third-order valence-electron chi connectivity index (χ3n) is 3.04. The van der Waals surface area contributed by atoms with Gasteiger partial charge in [-0.25, -0.2) is 0 Å². The average Bonchev–Trinajstić information content (AvgIpc) is 3.12. The summed E-state index contributed by atoms with van der Waals surface area (Å²) in [7, 11) is 0. The van der Waals surface area contributed by atoms with E-state index in [0.29, 0.717) is 23.6 Å². The number of anilines is 1. The molecule has 1 amide bonds. The molecule has 98 valence electrons. The minimum atomic E-state index is -0.0797. The Morgan fingerprint density at radius 1 is 1.44 bits per heavy atom. The predicted molar refractivity (Wildman–Crippen MR) is 71.7 cm³/mol. The van der Waals surface area contributed by atoms with Gasteiger partial charge >= 0.3 is 0 Å². The van der Waals surface area contributed by atoms with Gasteiger partial charge in [0.1, 0.15) is 5.75 Å². The van der Waals surface area contributed by atoms with E-state index in [0.717, 1.165) is 18.9 Å². The molecule has 0 heterocycles. The fourth-order valence-corrected chi connectivity index (χ4v) is 1.90. The van der Waals surface area contributed by atoms with E-state index in [1.165, 1.54) is 12.8 Å². The molecule has 0 spiro atoms. The fraction of sp³-hybridized carbons (Fsp3) is 0.500. The minimum Gasteiger partial charge on any atom is -0.494 e. The Hall–Kier alpha value is -1.71. The van der Waals surface area contributed by atoms with E-state index in [2.05, 4.69) is 5.32 Å². The minimum absolute atomic E-state index is 0.0797. The Labute approximate surface area is 108 Å². The first-order valence-corrected chi connectivity index (χ1v) is 6.50. The first-order valence-electron chi connectivity index (χ1n) is 6.50. The maximum absolute atomic E-state index is 11.9. The van der Waals surface area contributed by atoms with Crippen molar-refractivity contribution in [1.82, 2.24) is 5.32 Å². The molecule has 3 N–H and O–H groups in total. The van der Waals surface area contributed by atoms with Gasteiger partial charge in [-0.15, -0.1) is 0 Å². The summed E-state index contributed by atoms with van der Waals surface area (Å²) in [6.07, 6.45) is 3.69. The third kappa shape index (κ3) is 3.65. The van der Waals surface area contributed by atoms with Crippen molar-refractivity contribution < 1.29 is 9.53 Å². The van der Waals surface area contributed by atoms with E-state index >= 15 is 0 Å². The topological polar surface area (TPSA) is 64.3 Å². The molecule has 0 aromatic heterocycles. The van der Waals surface area contributed by atoms with Crippen molar-refractivity contribution in [2.75, 3.05) is 18.9 Å². The molecular weight excluding hydrogens is 228 g/mol. The zero-order chi connectivity index (χ0) is 13.0. The van der Waals surface area contributed by atoms with Gasteiger partial charge in [0.25, 0.3) is 5.91 Å². The maximum Gasteiger partial charge on any atom is 0.251 e. The summed E-state index contributed by atoms with van der Waals surface area (Å²) in [5.41, 5.74) is 6.87. The Bertz CT molecular complexity index is 428. The van der Waals surface area contributed by atoms with Gasteiger partial charge in [0.05, 0.1) is 6.61 Å². The van der Waals surface area contributed by atoms with Crippen molar-refractivity contribution in [3.63, 3.8) is 0 Å². The number of benzene rings is 1. The van der Waals surface area contributed by atoms with Crippen molar-refractivity contribution in [3.05, 3.63) is 23.8 Å². The molecule has 1 aliphatic carbocycles.